The average Bonchev–Trinajstić information content (AvgIpc) is 3.35. The molecule has 4 rings (SSSR count). The number of ether oxygens (including phenoxy) is 4. The molecule has 0 aliphatic carbocycles. The van der Waals surface area contributed by atoms with Crippen LogP contribution in [0.3, 0.4) is 0 Å². The number of aromatic nitrogens is 2. The van der Waals surface area contributed by atoms with Gasteiger partial charge < -0.3 is 33.5 Å². The number of halogens is 1. The van der Waals surface area contributed by atoms with E-state index >= 15 is 0 Å². The molecule has 41 heavy (non-hydrogen) atoms. The third kappa shape index (κ3) is 8.42. The Balaban J connectivity index is 1.46. The minimum atomic E-state index is -1.37. The number of aliphatic hydroxyl groups is 1. The first-order valence-electron chi connectivity index (χ1n) is 13.7. The van der Waals surface area contributed by atoms with Crippen molar-refractivity contribution in [3.63, 3.8) is 0 Å². The van der Waals surface area contributed by atoms with Crippen LogP contribution in [-0.2, 0) is 29.0 Å². The molecule has 222 valence electrons. The molecule has 1 saturated heterocycles. The van der Waals surface area contributed by atoms with Gasteiger partial charge in [0.1, 0.15) is 42.8 Å². The number of imidazole rings is 1. The highest BCUT2D eigenvalue weighted by atomic mass is 19.1. The van der Waals surface area contributed by atoms with Gasteiger partial charge in [-0.15, -0.1) is 0 Å². The molecule has 1 unspecified atom stereocenters. The Morgan fingerprint density at radius 2 is 1.88 bits per heavy atom. The van der Waals surface area contributed by atoms with E-state index < -0.39 is 5.60 Å². The zero-order valence-electron chi connectivity index (χ0n) is 23.9. The zero-order valence-corrected chi connectivity index (χ0v) is 23.9. The summed E-state index contributed by atoms with van der Waals surface area (Å²) in [5.74, 6) is 2.12. The van der Waals surface area contributed by atoms with Crippen molar-refractivity contribution in [2.24, 2.45) is 0 Å². The van der Waals surface area contributed by atoms with E-state index in [1.165, 1.54) is 31.4 Å². The highest BCUT2D eigenvalue weighted by molar-refractivity contribution is 5.77. The molecule has 1 amide bonds. The summed E-state index contributed by atoms with van der Waals surface area (Å²) in [5, 5.41) is 11.7. The Kier molecular flexibility index (Phi) is 10.6. The van der Waals surface area contributed by atoms with Crippen molar-refractivity contribution in [2.75, 3.05) is 60.2 Å². The lowest BCUT2D eigenvalue weighted by atomic mass is 10.0. The summed E-state index contributed by atoms with van der Waals surface area (Å²) >= 11 is 0. The van der Waals surface area contributed by atoms with E-state index in [4.69, 9.17) is 18.9 Å². The molecule has 0 saturated carbocycles. The van der Waals surface area contributed by atoms with E-state index in [9.17, 15) is 14.3 Å². The molecule has 1 N–H and O–H groups in total. The van der Waals surface area contributed by atoms with Gasteiger partial charge in [-0.2, -0.15) is 0 Å². The second-order valence-corrected chi connectivity index (χ2v) is 10.1. The standard InChI is InChI=1S/C30H39FN4O6/c1-4-28-32-11-12-34(28)15-16-40-27-17-23(5-10-26(27)39-3)18-33-13-14-35(29(36)19-38-2)21-30(37,20-33)22-41-25-8-6-24(31)7-9-25/h5-12,17,37H,4,13-16,18-22H2,1-3H3. The minimum Gasteiger partial charge on any atom is -0.493 e. The summed E-state index contributed by atoms with van der Waals surface area (Å²) in [6.45, 7) is 4.83. The maximum absolute atomic E-state index is 13.3. The summed E-state index contributed by atoms with van der Waals surface area (Å²) in [6, 6.07) is 11.4. The number of benzene rings is 2. The molecule has 1 atom stereocenters. The molecular weight excluding hydrogens is 531 g/mol. The van der Waals surface area contributed by atoms with Gasteiger partial charge in [0.25, 0.3) is 0 Å². The van der Waals surface area contributed by atoms with E-state index in [0.29, 0.717) is 50.0 Å². The van der Waals surface area contributed by atoms with Crippen molar-refractivity contribution in [3.05, 3.63) is 72.1 Å². The van der Waals surface area contributed by atoms with E-state index in [1.807, 2.05) is 24.4 Å². The zero-order chi connectivity index (χ0) is 29.2. The van der Waals surface area contributed by atoms with Crippen molar-refractivity contribution in [2.45, 2.75) is 32.0 Å². The first kappa shape index (κ1) is 30.3. The van der Waals surface area contributed by atoms with Crippen molar-refractivity contribution in [3.8, 4) is 17.2 Å². The first-order chi connectivity index (χ1) is 19.8. The van der Waals surface area contributed by atoms with Crippen LogP contribution in [0.5, 0.6) is 17.2 Å². The van der Waals surface area contributed by atoms with Crippen LogP contribution in [0, 0.1) is 5.82 Å². The highest BCUT2D eigenvalue weighted by Gasteiger charge is 2.37. The molecule has 11 heteroatoms. The normalized spacial score (nSPS) is 17.7. The number of hydrogen-bond acceptors (Lipinski definition) is 8. The Morgan fingerprint density at radius 3 is 2.61 bits per heavy atom. The van der Waals surface area contributed by atoms with Crippen molar-refractivity contribution in [1.82, 2.24) is 19.4 Å². The molecule has 1 fully saturated rings. The monoisotopic (exact) mass is 570 g/mol. The van der Waals surface area contributed by atoms with Crippen molar-refractivity contribution >= 4 is 5.91 Å². The van der Waals surface area contributed by atoms with Crippen LogP contribution >= 0.6 is 0 Å². The third-order valence-corrected chi connectivity index (χ3v) is 6.97. The van der Waals surface area contributed by atoms with Gasteiger partial charge >= 0.3 is 0 Å². The number of carbonyl (C=O) groups excluding carboxylic acids is 1. The molecule has 1 aromatic heterocycles. The third-order valence-electron chi connectivity index (χ3n) is 6.97. The van der Waals surface area contributed by atoms with Gasteiger partial charge in [0.15, 0.2) is 11.5 Å². The summed E-state index contributed by atoms with van der Waals surface area (Å²) in [7, 11) is 3.07. The number of amides is 1. The first-order valence-corrected chi connectivity index (χ1v) is 13.7. The fraction of sp³-hybridized carbons (Fsp3) is 0.467. The molecule has 0 radical (unpaired) electrons. The predicted molar refractivity (Wildman–Crippen MR) is 151 cm³/mol. The largest absolute Gasteiger partial charge is 0.493 e. The Labute approximate surface area is 240 Å². The number of hydrogen-bond donors (Lipinski definition) is 1. The number of rotatable bonds is 13. The Bertz CT molecular complexity index is 1270. The average molecular weight is 571 g/mol. The van der Waals surface area contributed by atoms with E-state index in [-0.39, 0.29) is 38.0 Å². The Morgan fingerprint density at radius 1 is 1.07 bits per heavy atom. The fourth-order valence-corrected chi connectivity index (χ4v) is 4.95. The summed E-state index contributed by atoms with van der Waals surface area (Å²) in [5.41, 5.74) is -0.404. The van der Waals surface area contributed by atoms with Crippen LogP contribution < -0.4 is 14.2 Å². The maximum Gasteiger partial charge on any atom is 0.248 e. The van der Waals surface area contributed by atoms with Crippen LogP contribution in [0.25, 0.3) is 0 Å². The van der Waals surface area contributed by atoms with E-state index in [1.54, 1.807) is 18.2 Å². The number of nitrogens with zero attached hydrogens (tertiary/aromatic N) is 4. The molecule has 2 aromatic carbocycles. The minimum absolute atomic E-state index is 0.0726. The second-order valence-electron chi connectivity index (χ2n) is 10.1. The number of carbonyl (C=O) groups is 1. The fourth-order valence-electron chi connectivity index (χ4n) is 4.95. The molecule has 3 aromatic rings. The van der Waals surface area contributed by atoms with Gasteiger partial charge in [-0.05, 0) is 42.0 Å². The van der Waals surface area contributed by atoms with Gasteiger partial charge in [0.05, 0.1) is 20.2 Å². The van der Waals surface area contributed by atoms with Gasteiger partial charge in [-0.1, -0.05) is 13.0 Å². The van der Waals surface area contributed by atoms with Crippen LogP contribution in [0.1, 0.15) is 18.3 Å². The molecule has 10 nitrogen and oxygen atoms in total. The van der Waals surface area contributed by atoms with Crippen molar-refractivity contribution < 1.29 is 33.2 Å². The molecular formula is C30H39FN4O6. The number of methoxy groups -OCH3 is 2. The lowest BCUT2D eigenvalue weighted by molar-refractivity contribution is -0.138. The summed E-state index contributed by atoms with van der Waals surface area (Å²) < 4.78 is 37.9. The van der Waals surface area contributed by atoms with Gasteiger partial charge in [-0.25, -0.2) is 9.37 Å². The second kappa shape index (κ2) is 14.3. The smallest absolute Gasteiger partial charge is 0.248 e. The topological polar surface area (TPSA) is 98.5 Å². The summed E-state index contributed by atoms with van der Waals surface area (Å²) in [4.78, 5) is 20.7. The quantitative estimate of drug-likeness (QED) is 0.335. The molecule has 1 aliphatic rings. The van der Waals surface area contributed by atoms with Gasteiger partial charge in [0.2, 0.25) is 5.91 Å². The van der Waals surface area contributed by atoms with Crippen LogP contribution in [0.2, 0.25) is 0 Å². The number of aryl methyl sites for hydroxylation is 1. The van der Waals surface area contributed by atoms with Crippen molar-refractivity contribution in [1.29, 1.82) is 0 Å². The maximum atomic E-state index is 13.3. The van der Waals surface area contributed by atoms with Gasteiger partial charge in [0, 0.05) is 52.1 Å². The molecule has 0 spiro atoms. The molecule has 1 aliphatic heterocycles. The van der Waals surface area contributed by atoms with E-state index in [2.05, 4.69) is 21.4 Å². The number of β-amino-alcohol motifs (C(OH)–C–C–N with tert-alkyl or cyclic N) is 1. The lowest BCUT2D eigenvalue weighted by Gasteiger charge is -2.33. The molecule has 2 heterocycles. The predicted octanol–water partition coefficient (Wildman–Crippen LogP) is 2.77. The van der Waals surface area contributed by atoms with E-state index in [0.717, 1.165) is 17.8 Å². The lowest BCUT2D eigenvalue weighted by Crippen LogP contribution is -2.52. The SMILES string of the molecule is CCc1nccn1CCOc1cc(CN2CCN(C(=O)COC)CC(O)(COc3ccc(F)cc3)C2)ccc1OC. The Hall–Kier alpha value is -3.67. The van der Waals surface area contributed by atoms with Crippen LogP contribution in [-0.4, -0.2) is 96.2 Å². The van der Waals surface area contributed by atoms with Crippen LogP contribution in [0.15, 0.2) is 54.9 Å². The highest BCUT2D eigenvalue weighted by Crippen LogP contribution is 2.29. The van der Waals surface area contributed by atoms with Gasteiger partial charge in [-0.3, -0.25) is 9.69 Å². The van der Waals surface area contributed by atoms with Crippen LogP contribution in [0.4, 0.5) is 4.39 Å². The molecule has 0 bridgehead atoms. The summed E-state index contributed by atoms with van der Waals surface area (Å²) in [6.07, 6.45) is 4.57.